The van der Waals surface area contributed by atoms with E-state index in [9.17, 15) is 0 Å². The molecule has 0 unspecified atom stereocenters. The molecule has 98 valence electrons. The molecule has 0 aliphatic heterocycles. The summed E-state index contributed by atoms with van der Waals surface area (Å²) in [5.74, 6) is 1.99. The molecule has 18 heavy (non-hydrogen) atoms. The van der Waals surface area contributed by atoms with Crippen molar-refractivity contribution in [2.24, 2.45) is 0 Å². The molecule has 4 nitrogen and oxygen atoms in total. The summed E-state index contributed by atoms with van der Waals surface area (Å²) in [5, 5.41) is 1.96. The van der Waals surface area contributed by atoms with E-state index in [1.807, 2.05) is 55.8 Å². The smallest absolute Gasteiger partial charge is 0.147 e. The minimum absolute atomic E-state index is 0.125. The van der Waals surface area contributed by atoms with Crippen LogP contribution in [0.15, 0.2) is 18.2 Å². The normalized spacial score (nSPS) is 11.2. The molecule has 1 aromatic heterocycles. The van der Waals surface area contributed by atoms with Gasteiger partial charge in [0.15, 0.2) is 0 Å². The van der Waals surface area contributed by atoms with Crippen LogP contribution in [0, 0.1) is 0 Å². The fraction of sp³-hybridized carbons (Fsp3) is 0.462. The second-order valence-electron chi connectivity index (χ2n) is 4.61. The topological polar surface area (TPSA) is 30.3 Å². The molecule has 0 amide bonds. The Kier molecular flexibility index (Phi) is 3.66. The Labute approximate surface area is 112 Å². The Hall–Kier alpha value is -1.42. The van der Waals surface area contributed by atoms with Crippen LogP contribution < -0.4 is 9.75 Å². The Bertz CT molecular complexity index is 548. The zero-order valence-corrected chi connectivity index (χ0v) is 11.9. The molecule has 5 heteroatoms. The van der Waals surface area contributed by atoms with Crippen molar-refractivity contribution in [3.63, 3.8) is 0 Å². The maximum Gasteiger partial charge on any atom is 0.147 e. The maximum atomic E-state index is 5.95. The molecule has 0 saturated carbocycles. The molecular weight excluding hydrogens is 250 g/mol. The number of rotatable bonds is 4. The third-order valence-corrected chi connectivity index (χ3v) is 2.81. The molecule has 1 heterocycles. The first-order chi connectivity index (χ1) is 8.54. The van der Waals surface area contributed by atoms with Crippen molar-refractivity contribution in [3.05, 3.63) is 24.0 Å². The van der Waals surface area contributed by atoms with Crippen molar-refractivity contribution in [1.29, 1.82) is 0 Å². The number of aromatic nitrogens is 2. The van der Waals surface area contributed by atoms with Gasteiger partial charge in [0.05, 0.1) is 17.5 Å². The molecule has 0 aliphatic rings. The first kappa shape index (κ1) is 13.0. The summed E-state index contributed by atoms with van der Waals surface area (Å²) in [6, 6.07) is 5.93. The quantitative estimate of drug-likeness (QED) is 0.798. The van der Waals surface area contributed by atoms with E-state index in [2.05, 4.69) is 4.98 Å². The molecule has 1 aromatic carbocycles. The largest absolute Gasteiger partial charge is 0.489 e. The summed E-state index contributed by atoms with van der Waals surface area (Å²) < 4.78 is 7.78. The maximum absolute atomic E-state index is 5.95. The van der Waals surface area contributed by atoms with E-state index in [1.165, 1.54) is 0 Å². The molecule has 0 fully saturated rings. The Morgan fingerprint density at radius 3 is 2.67 bits per heavy atom. The number of hydrogen-bond donors (Lipinski definition) is 0. The lowest BCUT2D eigenvalue weighted by Gasteiger charge is -2.17. The van der Waals surface area contributed by atoms with E-state index in [0.29, 0.717) is 5.88 Å². The van der Waals surface area contributed by atoms with Gasteiger partial charge in [0.25, 0.3) is 0 Å². The Morgan fingerprint density at radius 1 is 1.39 bits per heavy atom. The number of ether oxygens (including phenoxy) is 1. The minimum Gasteiger partial charge on any atom is -0.489 e. The highest BCUT2D eigenvalue weighted by molar-refractivity contribution is 6.16. The number of imidazole rings is 1. The third kappa shape index (κ3) is 2.25. The molecule has 0 aliphatic carbocycles. The monoisotopic (exact) mass is 267 g/mol. The first-order valence-corrected chi connectivity index (χ1v) is 6.48. The van der Waals surface area contributed by atoms with Crippen LogP contribution in [0.25, 0.3) is 11.0 Å². The van der Waals surface area contributed by atoms with E-state index >= 15 is 0 Å². The lowest BCUT2D eigenvalue weighted by molar-refractivity contribution is 0.245. The lowest BCUT2D eigenvalue weighted by atomic mass is 10.3. The molecule has 0 atom stereocenters. The first-order valence-electron chi connectivity index (χ1n) is 5.95. The van der Waals surface area contributed by atoms with Gasteiger partial charge in [-0.05, 0) is 26.0 Å². The van der Waals surface area contributed by atoms with Gasteiger partial charge in [-0.15, -0.1) is 11.6 Å². The summed E-state index contributed by atoms with van der Waals surface area (Å²) in [6.07, 6.45) is 0.125. The molecule has 0 spiro atoms. The van der Waals surface area contributed by atoms with Crippen LogP contribution in [0.2, 0.25) is 0 Å². The van der Waals surface area contributed by atoms with Gasteiger partial charge in [0.1, 0.15) is 17.1 Å². The van der Waals surface area contributed by atoms with E-state index in [-0.39, 0.29) is 6.10 Å². The highest BCUT2D eigenvalue weighted by Gasteiger charge is 2.15. The van der Waals surface area contributed by atoms with Crippen molar-refractivity contribution < 1.29 is 4.74 Å². The van der Waals surface area contributed by atoms with Crippen LogP contribution in [0.5, 0.6) is 5.75 Å². The Balaban J connectivity index is 2.64. The SMILES string of the molecule is CC(C)Oc1cccc2c1nc(CCl)n2N(C)C. The second kappa shape index (κ2) is 5.06. The second-order valence-corrected chi connectivity index (χ2v) is 4.88. The molecule has 2 aromatic rings. The van der Waals surface area contributed by atoms with Gasteiger partial charge in [-0.1, -0.05) is 6.07 Å². The van der Waals surface area contributed by atoms with Crippen LogP contribution in [0.4, 0.5) is 0 Å². The number of benzene rings is 1. The minimum atomic E-state index is 0.125. The molecule has 2 rings (SSSR count). The summed E-state index contributed by atoms with van der Waals surface area (Å²) in [5.41, 5.74) is 1.87. The molecule has 0 saturated heterocycles. The summed E-state index contributed by atoms with van der Waals surface area (Å²) in [7, 11) is 3.93. The predicted octanol–water partition coefficient (Wildman–Crippen LogP) is 2.76. The van der Waals surface area contributed by atoms with Crippen LogP contribution in [-0.2, 0) is 5.88 Å². The third-order valence-electron chi connectivity index (χ3n) is 2.57. The van der Waals surface area contributed by atoms with E-state index in [0.717, 1.165) is 22.6 Å². The van der Waals surface area contributed by atoms with E-state index in [1.54, 1.807) is 0 Å². The van der Waals surface area contributed by atoms with Gasteiger partial charge in [-0.3, -0.25) is 0 Å². The van der Waals surface area contributed by atoms with Gasteiger partial charge in [-0.25, -0.2) is 9.66 Å². The van der Waals surface area contributed by atoms with Crippen molar-refractivity contribution in [1.82, 2.24) is 9.66 Å². The van der Waals surface area contributed by atoms with Crippen molar-refractivity contribution in [2.75, 3.05) is 19.1 Å². The van der Waals surface area contributed by atoms with E-state index < -0.39 is 0 Å². The van der Waals surface area contributed by atoms with Crippen LogP contribution in [-0.4, -0.2) is 29.9 Å². The van der Waals surface area contributed by atoms with Crippen LogP contribution >= 0.6 is 11.6 Å². The summed E-state index contributed by atoms with van der Waals surface area (Å²) >= 11 is 5.95. The lowest BCUT2D eigenvalue weighted by Crippen LogP contribution is -2.26. The van der Waals surface area contributed by atoms with Gasteiger partial charge >= 0.3 is 0 Å². The molecule has 0 radical (unpaired) electrons. The van der Waals surface area contributed by atoms with Crippen LogP contribution in [0.3, 0.4) is 0 Å². The van der Waals surface area contributed by atoms with Gasteiger partial charge in [0.2, 0.25) is 0 Å². The van der Waals surface area contributed by atoms with Gasteiger partial charge in [-0.2, -0.15) is 0 Å². The predicted molar refractivity (Wildman–Crippen MR) is 75.1 cm³/mol. The summed E-state index contributed by atoms with van der Waals surface area (Å²) in [6.45, 7) is 4.01. The Morgan fingerprint density at radius 2 is 2.11 bits per heavy atom. The van der Waals surface area contributed by atoms with Crippen molar-refractivity contribution >= 4 is 22.6 Å². The fourth-order valence-corrected chi connectivity index (χ4v) is 2.16. The van der Waals surface area contributed by atoms with Gasteiger partial charge < -0.3 is 9.75 Å². The van der Waals surface area contributed by atoms with Crippen LogP contribution in [0.1, 0.15) is 19.7 Å². The molecule has 0 bridgehead atoms. The number of hydrogen-bond acceptors (Lipinski definition) is 3. The molecule has 0 N–H and O–H groups in total. The number of nitrogens with zero attached hydrogens (tertiary/aromatic N) is 3. The number of alkyl halides is 1. The fourth-order valence-electron chi connectivity index (χ4n) is 1.99. The average molecular weight is 268 g/mol. The summed E-state index contributed by atoms with van der Waals surface area (Å²) in [4.78, 5) is 4.57. The standard InChI is InChI=1S/C13H18ClN3O/c1-9(2)18-11-7-5-6-10-13(11)15-12(8-14)17(10)16(3)4/h5-7,9H,8H2,1-4H3. The highest BCUT2D eigenvalue weighted by atomic mass is 35.5. The van der Waals surface area contributed by atoms with Crippen molar-refractivity contribution in [3.8, 4) is 5.75 Å². The number of para-hydroxylation sites is 1. The van der Waals surface area contributed by atoms with Gasteiger partial charge in [0, 0.05) is 14.1 Å². The highest BCUT2D eigenvalue weighted by Crippen LogP contribution is 2.27. The number of fused-ring (bicyclic) bond motifs is 1. The zero-order valence-electron chi connectivity index (χ0n) is 11.1. The van der Waals surface area contributed by atoms with Crippen molar-refractivity contribution in [2.45, 2.75) is 25.8 Å². The average Bonchev–Trinajstić information content (AvgIpc) is 2.67. The van der Waals surface area contributed by atoms with E-state index in [4.69, 9.17) is 16.3 Å². The number of halogens is 1. The molecular formula is C13H18ClN3O. The zero-order chi connectivity index (χ0) is 13.3.